The molecule has 0 unspecified atom stereocenters. The molecule has 3 aromatic rings. The number of carbonyl (C=O) groups excluding carboxylic acids is 1. The smallest absolute Gasteiger partial charge is 0.357 e. The molecule has 7 heteroatoms. The van der Waals surface area contributed by atoms with Gasteiger partial charge in [-0.05, 0) is 67.1 Å². The van der Waals surface area contributed by atoms with Gasteiger partial charge >= 0.3 is 5.97 Å². The van der Waals surface area contributed by atoms with Crippen LogP contribution >= 0.6 is 0 Å². The average Bonchev–Trinajstić information content (AvgIpc) is 3.35. The molecule has 1 aliphatic carbocycles. The molecule has 1 fully saturated rings. The first-order chi connectivity index (χ1) is 16.2. The Labute approximate surface area is 195 Å². The number of anilines is 2. The molecular formula is C26H33N5O2. The van der Waals surface area contributed by atoms with E-state index in [1.54, 1.807) is 16.8 Å². The summed E-state index contributed by atoms with van der Waals surface area (Å²) in [7, 11) is 1.41. The molecule has 1 aliphatic heterocycles. The highest BCUT2D eigenvalue weighted by Crippen LogP contribution is 2.34. The fourth-order valence-corrected chi connectivity index (χ4v) is 5.32. The minimum absolute atomic E-state index is 0.371. The number of nitrogens with zero attached hydrogens (tertiary/aromatic N) is 4. The van der Waals surface area contributed by atoms with E-state index in [0.29, 0.717) is 12.2 Å². The molecular weight excluding hydrogens is 414 g/mol. The first-order valence-corrected chi connectivity index (χ1v) is 12.1. The minimum Gasteiger partial charge on any atom is -0.464 e. The lowest BCUT2D eigenvalue weighted by atomic mass is 9.86. The van der Waals surface area contributed by atoms with Gasteiger partial charge in [0.05, 0.1) is 12.8 Å². The van der Waals surface area contributed by atoms with Crippen molar-refractivity contribution in [2.75, 3.05) is 50.1 Å². The largest absolute Gasteiger partial charge is 0.464 e. The molecule has 33 heavy (non-hydrogen) atoms. The lowest BCUT2D eigenvalue weighted by Gasteiger charge is -2.38. The molecule has 0 amide bonds. The van der Waals surface area contributed by atoms with Gasteiger partial charge in [0.2, 0.25) is 0 Å². The summed E-state index contributed by atoms with van der Waals surface area (Å²) in [5.41, 5.74) is 7.74. The molecule has 1 N–H and O–H groups in total. The highest BCUT2D eigenvalue weighted by Gasteiger charge is 2.23. The van der Waals surface area contributed by atoms with Crippen molar-refractivity contribution in [1.29, 1.82) is 0 Å². The molecule has 2 aliphatic rings. The number of carbonyl (C=O) groups is 1. The third-order valence-corrected chi connectivity index (χ3v) is 7.18. The Morgan fingerprint density at radius 2 is 1.85 bits per heavy atom. The maximum absolute atomic E-state index is 12.5. The van der Waals surface area contributed by atoms with Crippen LogP contribution in [0.25, 0.3) is 5.65 Å². The van der Waals surface area contributed by atoms with Gasteiger partial charge in [-0.1, -0.05) is 13.0 Å². The topological polar surface area (TPSA) is 62.1 Å². The molecule has 1 aromatic carbocycles. The Bertz CT molecular complexity index is 1150. The Balaban J connectivity index is 1.41. The highest BCUT2D eigenvalue weighted by molar-refractivity contribution is 5.94. The first-order valence-electron chi connectivity index (χ1n) is 12.1. The van der Waals surface area contributed by atoms with E-state index >= 15 is 0 Å². The molecule has 1 saturated heterocycles. The molecule has 7 nitrogen and oxygen atoms in total. The number of pyridine rings is 1. The van der Waals surface area contributed by atoms with Crippen molar-refractivity contribution >= 4 is 23.0 Å². The summed E-state index contributed by atoms with van der Waals surface area (Å²) in [6, 6.07) is 8.45. The van der Waals surface area contributed by atoms with Crippen LogP contribution in [0.5, 0.6) is 0 Å². The van der Waals surface area contributed by atoms with Crippen molar-refractivity contribution in [2.45, 2.75) is 39.2 Å². The van der Waals surface area contributed by atoms with E-state index < -0.39 is 0 Å². The lowest BCUT2D eigenvalue weighted by Crippen LogP contribution is -2.46. The quantitative estimate of drug-likeness (QED) is 0.581. The van der Waals surface area contributed by atoms with Crippen molar-refractivity contribution in [2.24, 2.45) is 0 Å². The van der Waals surface area contributed by atoms with Gasteiger partial charge in [-0.2, -0.15) is 0 Å². The lowest BCUT2D eigenvalue weighted by molar-refractivity contribution is 0.0593. The van der Waals surface area contributed by atoms with E-state index in [0.717, 1.165) is 56.9 Å². The summed E-state index contributed by atoms with van der Waals surface area (Å²) >= 11 is 0. The molecule has 0 spiro atoms. The van der Waals surface area contributed by atoms with E-state index in [1.165, 1.54) is 42.3 Å². The minimum atomic E-state index is -0.371. The van der Waals surface area contributed by atoms with Crippen LogP contribution in [0.1, 0.15) is 46.9 Å². The Morgan fingerprint density at radius 1 is 1.06 bits per heavy atom. The SMILES string of the molecule is CCN1CCN(c2ccc(CNc3ccc4nccn4c3C(=O)OC)c3c2CCCC3)CC1. The number of hydrogen-bond acceptors (Lipinski definition) is 6. The number of imidazole rings is 1. The zero-order valence-corrected chi connectivity index (χ0v) is 19.6. The summed E-state index contributed by atoms with van der Waals surface area (Å²) in [6.45, 7) is 8.54. The summed E-state index contributed by atoms with van der Waals surface area (Å²) in [6.07, 6.45) is 8.26. The van der Waals surface area contributed by atoms with Crippen molar-refractivity contribution < 1.29 is 9.53 Å². The fraction of sp³-hybridized carbons (Fsp3) is 0.462. The van der Waals surface area contributed by atoms with Crippen molar-refractivity contribution in [3.63, 3.8) is 0 Å². The predicted octanol–water partition coefficient (Wildman–Crippen LogP) is 3.75. The molecule has 0 radical (unpaired) electrons. The summed E-state index contributed by atoms with van der Waals surface area (Å²) in [5.74, 6) is -0.371. The second-order valence-corrected chi connectivity index (χ2v) is 8.93. The second kappa shape index (κ2) is 9.43. The van der Waals surface area contributed by atoms with E-state index in [2.05, 4.69) is 39.2 Å². The van der Waals surface area contributed by atoms with Crippen LogP contribution in [0.15, 0.2) is 36.7 Å². The monoisotopic (exact) mass is 447 g/mol. The molecule has 0 saturated carbocycles. The zero-order chi connectivity index (χ0) is 22.8. The van der Waals surface area contributed by atoms with E-state index in [4.69, 9.17) is 4.74 Å². The molecule has 2 aromatic heterocycles. The van der Waals surface area contributed by atoms with Crippen LogP contribution in [0.4, 0.5) is 11.4 Å². The Hall–Kier alpha value is -3.06. The number of fused-ring (bicyclic) bond motifs is 2. The van der Waals surface area contributed by atoms with Gasteiger partial charge in [-0.15, -0.1) is 0 Å². The van der Waals surface area contributed by atoms with Crippen molar-refractivity contribution in [3.8, 4) is 0 Å². The number of rotatable bonds is 6. The van der Waals surface area contributed by atoms with Crippen LogP contribution in [0.2, 0.25) is 0 Å². The van der Waals surface area contributed by atoms with Crippen LogP contribution in [-0.4, -0.2) is 60.1 Å². The number of esters is 1. The van der Waals surface area contributed by atoms with Gasteiger partial charge in [-0.25, -0.2) is 9.78 Å². The number of hydrogen-bond donors (Lipinski definition) is 1. The van der Waals surface area contributed by atoms with Gasteiger partial charge < -0.3 is 19.9 Å². The van der Waals surface area contributed by atoms with E-state index in [9.17, 15) is 4.79 Å². The number of nitrogens with one attached hydrogen (secondary N) is 1. The van der Waals surface area contributed by atoms with Crippen LogP contribution in [-0.2, 0) is 24.1 Å². The van der Waals surface area contributed by atoms with Crippen LogP contribution in [0, 0.1) is 0 Å². The van der Waals surface area contributed by atoms with E-state index in [1.807, 2.05) is 12.1 Å². The average molecular weight is 448 g/mol. The summed E-state index contributed by atoms with van der Waals surface area (Å²) in [5, 5.41) is 3.52. The number of methoxy groups -OCH3 is 1. The van der Waals surface area contributed by atoms with Crippen molar-refractivity contribution in [1.82, 2.24) is 14.3 Å². The Morgan fingerprint density at radius 3 is 2.61 bits per heavy atom. The molecule has 0 atom stereocenters. The van der Waals surface area contributed by atoms with Gasteiger partial charge in [0.1, 0.15) is 5.65 Å². The van der Waals surface area contributed by atoms with Gasteiger partial charge in [0.25, 0.3) is 0 Å². The van der Waals surface area contributed by atoms with Crippen molar-refractivity contribution in [3.05, 3.63) is 59.0 Å². The number of ether oxygens (including phenoxy) is 1. The molecule has 0 bridgehead atoms. The summed E-state index contributed by atoms with van der Waals surface area (Å²) in [4.78, 5) is 21.9. The van der Waals surface area contributed by atoms with Gasteiger partial charge in [0.15, 0.2) is 5.69 Å². The Kier molecular flexibility index (Phi) is 6.22. The van der Waals surface area contributed by atoms with Gasteiger partial charge in [0, 0.05) is 50.8 Å². The highest BCUT2D eigenvalue weighted by atomic mass is 16.5. The van der Waals surface area contributed by atoms with Crippen LogP contribution in [0.3, 0.4) is 0 Å². The fourth-order valence-electron chi connectivity index (χ4n) is 5.32. The van der Waals surface area contributed by atoms with Gasteiger partial charge in [-0.3, -0.25) is 4.40 Å². The number of benzene rings is 1. The molecule has 174 valence electrons. The predicted molar refractivity (Wildman–Crippen MR) is 131 cm³/mol. The third kappa shape index (κ3) is 4.17. The zero-order valence-electron chi connectivity index (χ0n) is 19.6. The van der Waals surface area contributed by atoms with E-state index in [-0.39, 0.29) is 5.97 Å². The standard InChI is InChI=1S/C26H33N5O2/c1-3-29-14-16-30(17-15-29)23-10-8-19(20-6-4-5-7-21(20)23)18-28-22-9-11-24-27-12-13-31(24)25(22)26(32)33-2/h8-13,28H,3-7,14-18H2,1-2H3. The molecule has 3 heterocycles. The number of piperazine rings is 1. The number of aromatic nitrogens is 2. The first kappa shape index (κ1) is 21.8. The van der Waals surface area contributed by atoms with Crippen LogP contribution < -0.4 is 10.2 Å². The second-order valence-electron chi connectivity index (χ2n) is 8.93. The third-order valence-electron chi connectivity index (χ3n) is 7.18. The normalized spacial score (nSPS) is 16.6. The molecule has 5 rings (SSSR count). The number of likely N-dealkylation sites (N-methyl/N-ethyl adjacent to an activating group) is 1. The summed E-state index contributed by atoms with van der Waals surface area (Å²) < 4.78 is 6.84. The maximum Gasteiger partial charge on any atom is 0.357 e. The maximum atomic E-state index is 12.5.